The number of rotatable bonds is 3. The molecular weight excluding hydrogens is 407 g/mol. The van der Waals surface area contributed by atoms with Crippen LogP contribution in [0.1, 0.15) is 22.5 Å². The van der Waals surface area contributed by atoms with Crippen molar-refractivity contribution in [3.63, 3.8) is 0 Å². The molecule has 3 aromatic rings. The number of hydrogen-bond acceptors (Lipinski definition) is 3. The van der Waals surface area contributed by atoms with Crippen LogP contribution in [0.3, 0.4) is 0 Å². The number of imide groups is 1. The minimum absolute atomic E-state index is 0.0336. The number of hydrogen-bond donors (Lipinski definition) is 0. The smallest absolute Gasteiger partial charge is 0.416 e. The first kappa shape index (κ1) is 20.2. The highest BCUT2D eigenvalue weighted by molar-refractivity contribution is 6.37. The minimum Gasteiger partial charge on any atom is -0.467 e. The van der Waals surface area contributed by atoms with Gasteiger partial charge in [-0.05, 0) is 42.0 Å². The first-order valence-electron chi connectivity index (χ1n) is 9.22. The summed E-state index contributed by atoms with van der Waals surface area (Å²) in [4.78, 5) is 27.0. The summed E-state index contributed by atoms with van der Waals surface area (Å²) < 4.78 is 44.0. The Morgan fingerprint density at radius 1 is 0.839 bits per heavy atom. The zero-order chi connectivity index (χ0) is 22.0. The summed E-state index contributed by atoms with van der Waals surface area (Å²) in [6.45, 7) is -0.106. The Bertz CT molecular complexity index is 1210. The largest absolute Gasteiger partial charge is 0.467 e. The molecule has 0 fully saturated rings. The maximum Gasteiger partial charge on any atom is 0.416 e. The van der Waals surface area contributed by atoms with Gasteiger partial charge in [0.1, 0.15) is 11.3 Å². The Morgan fingerprint density at radius 2 is 1.55 bits per heavy atom. The Morgan fingerprint density at radius 3 is 2.16 bits per heavy atom. The number of amides is 2. The molecule has 0 N–H and O–H groups in total. The van der Waals surface area contributed by atoms with Crippen LogP contribution < -0.4 is 0 Å². The molecule has 4 rings (SSSR count). The van der Waals surface area contributed by atoms with Crippen LogP contribution in [-0.2, 0) is 22.3 Å². The van der Waals surface area contributed by atoms with Gasteiger partial charge < -0.3 is 4.42 Å². The van der Waals surface area contributed by atoms with Gasteiger partial charge in [0.05, 0.1) is 23.9 Å². The van der Waals surface area contributed by atoms with E-state index in [1.807, 2.05) is 6.07 Å². The molecule has 2 heterocycles. The van der Waals surface area contributed by atoms with Crippen LogP contribution in [-0.4, -0.2) is 16.7 Å². The summed E-state index contributed by atoms with van der Waals surface area (Å²) in [6, 6.07) is 16.2. The first-order chi connectivity index (χ1) is 14.8. The second-order valence-electron chi connectivity index (χ2n) is 6.72. The van der Waals surface area contributed by atoms with E-state index in [0.717, 1.165) is 17.0 Å². The second kappa shape index (κ2) is 8.00. The lowest BCUT2D eigenvalue weighted by molar-refractivity contribution is -0.138. The summed E-state index contributed by atoms with van der Waals surface area (Å²) in [5, 5.41) is 0. The van der Waals surface area contributed by atoms with Crippen LogP contribution in [0.2, 0.25) is 0 Å². The number of benzene rings is 2. The minimum atomic E-state index is -4.51. The second-order valence-corrected chi connectivity index (χ2v) is 6.72. The molecule has 1 aliphatic rings. The monoisotopic (exact) mass is 421 g/mol. The average molecular weight is 421 g/mol. The number of halogens is 3. The quantitative estimate of drug-likeness (QED) is 0.456. The van der Waals surface area contributed by atoms with Crippen molar-refractivity contribution in [3.05, 3.63) is 101 Å². The topological polar surface area (TPSA) is 50.5 Å². The van der Waals surface area contributed by atoms with Crippen molar-refractivity contribution in [2.45, 2.75) is 12.7 Å². The summed E-state index contributed by atoms with van der Waals surface area (Å²) in [6.07, 6.45) is -3.09. The fraction of sp³-hybridized carbons (Fsp3) is 0.0833. The van der Waals surface area contributed by atoms with Crippen molar-refractivity contribution in [1.29, 1.82) is 0 Å². The van der Waals surface area contributed by atoms with E-state index in [1.165, 1.54) is 18.4 Å². The van der Waals surface area contributed by atoms with E-state index in [9.17, 15) is 22.8 Å². The van der Waals surface area contributed by atoms with E-state index in [0.29, 0.717) is 11.3 Å². The van der Waals surface area contributed by atoms with Gasteiger partial charge in [0.2, 0.25) is 0 Å². The van der Waals surface area contributed by atoms with Gasteiger partial charge in [0.15, 0.2) is 0 Å². The van der Waals surface area contributed by atoms with Crippen LogP contribution in [0, 0.1) is 11.8 Å². The Hall–Kier alpha value is -4.05. The Kier molecular flexibility index (Phi) is 5.22. The molecule has 154 valence electrons. The van der Waals surface area contributed by atoms with Gasteiger partial charge in [0.25, 0.3) is 11.8 Å². The zero-order valence-electron chi connectivity index (χ0n) is 15.9. The lowest BCUT2D eigenvalue weighted by atomic mass is 10.00. The van der Waals surface area contributed by atoms with Crippen LogP contribution in [0.25, 0.3) is 5.57 Å². The molecule has 0 spiro atoms. The Balaban J connectivity index is 1.77. The van der Waals surface area contributed by atoms with Gasteiger partial charge in [-0.2, -0.15) is 13.2 Å². The molecule has 31 heavy (non-hydrogen) atoms. The predicted molar refractivity (Wildman–Crippen MR) is 106 cm³/mol. The van der Waals surface area contributed by atoms with Crippen molar-refractivity contribution < 1.29 is 27.2 Å². The normalized spacial score (nSPS) is 14.1. The van der Waals surface area contributed by atoms with Crippen LogP contribution in [0.4, 0.5) is 13.2 Å². The maximum absolute atomic E-state index is 13.1. The van der Waals surface area contributed by atoms with Gasteiger partial charge in [-0.15, -0.1) is 0 Å². The van der Waals surface area contributed by atoms with Gasteiger partial charge in [-0.25, -0.2) is 0 Å². The molecule has 1 aliphatic heterocycles. The number of nitrogens with zero attached hydrogens (tertiary/aromatic N) is 1. The Labute approximate surface area is 175 Å². The van der Waals surface area contributed by atoms with E-state index in [1.54, 1.807) is 36.4 Å². The lowest BCUT2D eigenvalue weighted by Gasteiger charge is -2.13. The van der Waals surface area contributed by atoms with E-state index in [-0.39, 0.29) is 23.3 Å². The van der Waals surface area contributed by atoms with Crippen molar-refractivity contribution in [2.24, 2.45) is 0 Å². The third-order valence-corrected chi connectivity index (χ3v) is 4.67. The fourth-order valence-corrected chi connectivity index (χ4v) is 3.14. The molecular formula is C24H14F3NO3. The van der Waals surface area contributed by atoms with Gasteiger partial charge in [0, 0.05) is 5.56 Å². The maximum atomic E-state index is 13.1. The molecule has 7 heteroatoms. The lowest BCUT2D eigenvalue weighted by Crippen LogP contribution is -2.30. The van der Waals surface area contributed by atoms with Crippen molar-refractivity contribution >= 4 is 17.4 Å². The summed E-state index contributed by atoms with van der Waals surface area (Å²) in [5.74, 6) is 4.72. The third-order valence-electron chi connectivity index (χ3n) is 4.67. The van der Waals surface area contributed by atoms with E-state index in [4.69, 9.17) is 4.42 Å². The highest BCUT2D eigenvalue weighted by Gasteiger charge is 2.39. The van der Waals surface area contributed by atoms with Gasteiger partial charge >= 0.3 is 6.18 Å². The van der Waals surface area contributed by atoms with Crippen LogP contribution >= 0.6 is 0 Å². The number of furan rings is 1. The zero-order valence-corrected chi connectivity index (χ0v) is 15.9. The van der Waals surface area contributed by atoms with E-state index in [2.05, 4.69) is 11.8 Å². The fourth-order valence-electron chi connectivity index (χ4n) is 3.14. The van der Waals surface area contributed by atoms with Crippen LogP contribution in [0.15, 0.2) is 83.0 Å². The molecule has 2 amide bonds. The average Bonchev–Trinajstić information content (AvgIpc) is 3.35. The molecule has 0 unspecified atom stereocenters. The summed E-state index contributed by atoms with van der Waals surface area (Å²) >= 11 is 0. The standard InChI is InChI=1S/C24H14F3NO3/c25-24(26,27)18-11-9-17(10-12-18)21-20(13-8-16-5-2-1-3-6-16)22(29)28(23(21)30)15-19-7-4-14-31-19/h1-7,9-12,14H,15H2. The summed E-state index contributed by atoms with van der Waals surface area (Å²) in [7, 11) is 0. The number of carbonyl (C=O) groups is 2. The number of alkyl halides is 3. The number of carbonyl (C=O) groups excluding carboxylic acids is 2. The first-order valence-corrected chi connectivity index (χ1v) is 9.22. The molecule has 4 nitrogen and oxygen atoms in total. The molecule has 2 aromatic carbocycles. The van der Waals surface area contributed by atoms with E-state index >= 15 is 0 Å². The van der Waals surface area contributed by atoms with Gasteiger partial charge in [-0.1, -0.05) is 42.2 Å². The van der Waals surface area contributed by atoms with Crippen LogP contribution in [0.5, 0.6) is 0 Å². The molecule has 0 saturated carbocycles. The molecule has 0 bridgehead atoms. The highest BCUT2D eigenvalue weighted by Crippen LogP contribution is 2.34. The molecule has 0 saturated heterocycles. The molecule has 0 radical (unpaired) electrons. The highest BCUT2D eigenvalue weighted by atomic mass is 19.4. The SMILES string of the molecule is O=C1C(C#Cc2ccccc2)=C(c2ccc(C(F)(F)F)cc2)C(=O)N1Cc1ccco1. The van der Waals surface area contributed by atoms with Gasteiger partial charge in [-0.3, -0.25) is 14.5 Å². The van der Waals surface area contributed by atoms with Crippen molar-refractivity contribution in [2.75, 3.05) is 0 Å². The van der Waals surface area contributed by atoms with Crippen molar-refractivity contribution in [1.82, 2.24) is 4.90 Å². The summed E-state index contributed by atoms with van der Waals surface area (Å²) in [5.41, 5.74) is -0.135. The third kappa shape index (κ3) is 4.14. The molecule has 1 aromatic heterocycles. The molecule has 0 aliphatic carbocycles. The van der Waals surface area contributed by atoms with E-state index < -0.39 is 23.6 Å². The van der Waals surface area contributed by atoms with Crippen molar-refractivity contribution in [3.8, 4) is 11.8 Å². The predicted octanol–water partition coefficient (Wildman–Crippen LogP) is 4.67. The molecule has 0 atom stereocenters.